The van der Waals surface area contributed by atoms with Gasteiger partial charge in [0.15, 0.2) is 0 Å². The summed E-state index contributed by atoms with van der Waals surface area (Å²) in [7, 11) is -3.61. The van der Waals surface area contributed by atoms with Gasteiger partial charge in [0.2, 0.25) is 15.0 Å². The Morgan fingerprint density at radius 2 is 1.92 bits per heavy atom. The number of aryl methyl sites for hydroxylation is 2. The summed E-state index contributed by atoms with van der Waals surface area (Å²) in [6, 6.07) is 9.68. The Bertz CT molecular complexity index is 946. The predicted octanol–water partition coefficient (Wildman–Crippen LogP) is 3.02. The van der Waals surface area contributed by atoms with Crippen molar-refractivity contribution >= 4 is 21.2 Å². The molecule has 25 heavy (non-hydrogen) atoms. The monoisotopic (exact) mass is 376 g/mol. The van der Waals surface area contributed by atoms with Crippen LogP contribution in [0, 0.1) is 6.92 Å². The van der Waals surface area contributed by atoms with Crippen molar-refractivity contribution in [3.05, 3.63) is 57.8 Å². The summed E-state index contributed by atoms with van der Waals surface area (Å²) in [5.74, 6) is 0.424. The third kappa shape index (κ3) is 4.13. The highest BCUT2D eigenvalue weighted by atomic mass is 32.2. The predicted molar refractivity (Wildman–Crippen MR) is 97.3 cm³/mol. The van der Waals surface area contributed by atoms with E-state index >= 15 is 0 Å². The molecule has 2 heterocycles. The van der Waals surface area contributed by atoms with E-state index in [2.05, 4.69) is 22.1 Å². The summed E-state index contributed by atoms with van der Waals surface area (Å²) >= 11 is 1.50. The normalized spacial score (nSPS) is 11.8. The van der Waals surface area contributed by atoms with Crippen molar-refractivity contribution in [3.8, 4) is 0 Å². The number of benzene rings is 1. The van der Waals surface area contributed by atoms with Gasteiger partial charge in [0.05, 0.1) is 17.2 Å². The molecule has 0 spiro atoms. The van der Waals surface area contributed by atoms with Gasteiger partial charge in [-0.15, -0.1) is 21.5 Å². The van der Waals surface area contributed by atoms with Crippen LogP contribution < -0.4 is 0 Å². The molecule has 8 heteroatoms. The van der Waals surface area contributed by atoms with Gasteiger partial charge in [-0.1, -0.05) is 37.3 Å². The van der Waals surface area contributed by atoms with E-state index in [0.717, 1.165) is 23.4 Å². The molecule has 0 bridgehead atoms. The fraction of sp³-hybridized carbons (Fsp3) is 0.353. The topological polar surface area (TPSA) is 77.7 Å². The molecular formula is C17H20N4O2S2. The standard InChI is InChI=1S/C17H20N4O2S2/c1-3-7-16-18-15(11-24-16)12-25(22,23)17-20-19-13(2)21(17)10-14-8-5-4-6-9-14/h4-6,8-9,11H,3,7,10,12H2,1-2H3. The molecule has 0 aliphatic carbocycles. The van der Waals surface area contributed by atoms with Gasteiger partial charge in [-0.05, 0) is 25.3 Å². The Morgan fingerprint density at radius 3 is 2.64 bits per heavy atom. The third-order valence-corrected chi connectivity index (χ3v) is 6.26. The summed E-state index contributed by atoms with van der Waals surface area (Å²) in [6.45, 7) is 4.26. The summed E-state index contributed by atoms with van der Waals surface area (Å²) in [6.07, 6.45) is 1.86. The lowest BCUT2D eigenvalue weighted by atomic mass is 10.2. The maximum atomic E-state index is 12.8. The highest BCUT2D eigenvalue weighted by molar-refractivity contribution is 7.90. The number of hydrogen-bond donors (Lipinski definition) is 0. The van der Waals surface area contributed by atoms with Crippen molar-refractivity contribution in [2.75, 3.05) is 0 Å². The van der Waals surface area contributed by atoms with E-state index in [1.807, 2.05) is 35.7 Å². The van der Waals surface area contributed by atoms with Gasteiger partial charge in [0.1, 0.15) is 11.6 Å². The minimum atomic E-state index is -3.61. The molecule has 0 unspecified atom stereocenters. The molecule has 0 radical (unpaired) electrons. The van der Waals surface area contributed by atoms with Crippen LogP contribution in [0.1, 0.15) is 35.4 Å². The molecule has 2 aromatic heterocycles. The van der Waals surface area contributed by atoms with Crippen LogP contribution in [0.25, 0.3) is 0 Å². The number of sulfone groups is 1. The van der Waals surface area contributed by atoms with Crippen LogP contribution in [0.2, 0.25) is 0 Å². The summed E-state index contributed by atoms with van der Waals surface area (Å²) in [5, 5.41) is 10.7. The molecule has 0 saturated carbocycles. The van der Waals surface area contributed by atoms with Crippen molar-refractivity contribution < 1.29 is 8.42 Å². The van der Waals surface area contributed by atoms with Gasteiger partial charge in [0.25, 0.3) is 0 Å². The van der Waals surface area contributed by atoms with Crippen LogP contribution in [0.5, 0.6) is 0 Å². The zero-order valence-electron chi connectivity index (χ0n) is 14.2. The second-order valence-corrected chi connectivity index (χ2v) is 8.67. The Morgan fingerprint density at radius 1 is 1.16 bits per heavy atom. The number of hydrogen-bond acceptors (Lipinski definition) is 6. The summed E-state index contributed by atoms with van der Waals surface area (Å²) in [4.78, 5) is 4.41. The van der Waals surface area contributed by atoms with Gasteiger partial charge in [-0.25, -0.2) is 13.4 Å². The second-order valence-electron chi connectivity index (χ2n) is 5.84. The lowest BCUT2D eigenvalue weighted by Gasteiger charge is -2.09. The van der Waals surface area contributed by atoms with Gasteiger partial charge in [0, 0.05) is 5.38 Å². The van der Waals surface area contributed by atoms with Crippen LogP contribution in [0.4, 0.5) is 0 Å². The first-order valence-electron chi connectivity index (χ1n) is 8.09. The molecule has 0 amide bonds. The second kappa shape index (κ2) is 7.45. The molecule has 0 atom stereocenters. The van der Waals surface area contributed by atoms with Gasteiger partial charge in [-0.2, -0.15) is 0 Å². The Balaban J connectivity index is 1.87. The quantitative estimate of drug-likeness (QED) is 0.633. The van der Waals surface area contributed by atoms with E-state index in [1.54, 1.807) is 11.5 Å². The third-order valence-electron chi connectivity index (χ3n) is 3.76. The molecule has 0 N–H and O–H groups in total. The molecule has 1 aromatic carbocycles. The average molecular weight is 377 g/mol. The molecule has 0 saturated heterocycles. The van der Waals surface area contributed by atoms with Gasteiger partial charge >= 0.3 is 0 Å². The SMILES string of the molecule is CCCc1nc(CS(=O)(=O)c2nnc(C)n2Cc2ccccc2)cs1. The van der Waals surface area contributed by atoms with E-state index in [0.29, 0.717) is 18.1 Å². The number of aromatic nitrogens is 4. The van der Waals surface area contributed by atoms with Crippen LogP contribution in [-0.4, -0.2) is 28.2 Å². The maximum Gasteiger partial charge on any atom is 0.250 e. The zero-order valence-corrected chi connectivity index (χ0v) is 15.8. The first-order valence-corrected chi connectivity index (χ1v) is 10.6. The molecule has 3 aromatic rings. The molecule has 6 nitrogen and oxygen atoms in total. The molecule has 0 fully saturated rings. The van der Waals surface area contributed by atoms with Crippen molar-refractivity contribution in [3.63, 3.8) is 0 Å². The van der Waals surface area contributed by atoms with Crippen LogP contribution in [-0.2, 0) is 28.6 Å². The van der Waals surface area contributed by atoms with Crippen LogP contribution in [0.3, 0.4) is 0 Å². The first kappa shape index (κ1) is 17.8. The minimum Gasteiger partial charge on any atom is -0.298 e. The van der Waals surface area contributed by atoms with Gasteiger partial charge in [-0.3, -0.25) is 4.57 Å². The Kier molecular flexibility index (Phi) is 5.29. The zero-order chi connectivity index (χ0) is 17.9. The number of thiazole rings is 1. The van der Waals surface area contributed by atoms with Crippen molar-refractivity contribution in [2.24, 2.45) is 0 Å². The lowest BCUT2D eigenvalue weighted by molar-refractivity contribution is 0.568. The smallest absolute Gasteiger partial charge is 0.250 e. The van der Waals surface area contributed by atoms with E-state index in [9.17, 15) is 8.42 Å². The Labute approximate surface area is 151 Å². The molecular weight excluding hydrogens is 356 g/mol. The highest BCUT2D eigenvalue weighted by Gasteiger charge is 2.25. The largest absolute Gasteiger partial charge is 0.298 e. The molecule has 0 aliphatic heterocycles. The summed E-state index contributed by atoms with van der Waals surface area (Å²) in [5.41, 5.74) is 1.57. The van der Waals surface area contributed by atoms with Crippen LogP contribution in [0.15, 0.2) is 40.9 Å². The lowest BCUT2D eigenvalue weighted by Crippen LogP contribution is -2.15. The van der Waals surface area contributed by atoms with E-state index in [1.165, 1.54) is 11.3 Å². The van der Waals surface area contributed by atoms with E-state index in [4.69, 9.17) is 0 Å². The highest BCUT2D eigenvalue weighted by Crippen LogP contribution is 2.19. The molecule has 0 aliphatic rings. The summed E-state index contributed by atoms with van der Waals surface area (Å²) < 4.78 is 27.3. The van der Waals surface area contributed by atoms with Crippen molar-refractivity contribution in [2.45, 2.75) is 44.1 Å². The number of rotatable bonds is 7. The minimum absolute atomic E-state index is 0.00102. The van der Waals surface area contributed by atoms with E-state index in [-0.39, 0.29) is 10.9 Å². The van der Waals surface area contributed by atoms with E-state index < -0.39 is 9.84 Å². The van der Waals surface area contributed by atoms with Gasteiger partial charge < -0.3 is 0 Å². The fourth-order valence-electron chi connectivity index (χ4n) is 2.54. The number of nitrogens with zero attached hydrogens (tertiary/aromatic N) is 4. The average Bonchev–Trinajstić information content (AvgIpc) is 3.16. The van der Waals surface area contributed by atoms with Crippen molar-refractivity contribution in [1.29, 1.82) is 0 Å². The Hall–Kier alpha value is -2.06. The van der Waals surface area contributed by atoms with Crippen LogP contribution >= 0.6 is 11.3 Å². The maximum absolute atomic E-state index is 12.8. The first-order chi connectivity index (χ1) is 12.0. The molecule has 132 valence electrons. The molecule has 3 rings (SSSR count). The fourth-order valence-corrected chi connectivity index (χ4v) is 4.91. The van der Waals surface area contributed by atoms with Crippen molar-refractivity contribution in [1.82, 2.24) is 19.7 Å².